The molecule has 2 aliphatic rings. The maximum absolute atomic E-state index is 12.5. The Balaban J connectivity index is 1.38. The predicted octanol–water partition coefficient (Wildman–Crippen LogP) is 3.34. The van der Waals surface area contributed by atoms with Gasteiger partial charge in [-0.3, -0.25) is 4.79 Å². The normalized spacial score (nSPS) is 20.4. The standard InChI is InChI=1S/C21H25ClN4O2/c1-14-2-3-16(12-18(14)22)20(27)24-17-5-9-26(13-17)21-23-8-4-19(25-21)15-6-10-28-11-7-15/h2-4,8,12,15,17H,5-7,9-11,13H2,1H3,(H,24,27). The Morgan fingerprint density at radius 1 is 1.25 bits per heavy atom. The molecule has 0 spiro atoms. The molecular weight excluding hydrogens is 376 g/mol. The molecule has 1 atom stereocenters. The van der Waals surface area contributed by atoms with Gasteiger partial charge in [-0.25, -0.2) is 9.97 Å². The Morgan fingerprint density at radius 2 is 2.07 bits per heavy atom. The lowest BCUT2D eigenvalue weighted by molar-refractivity contribution is 0.0845. The molecule has 28 heavy (non-hydrogen) atoms. The average molecular weight is 401 g/mol. The van der Waals surface area contributed by atoms with Gasteiger partial charge in [-0.2, -0.15) is 0 Å². The molecule has 0 radical (unpaired) electrons. The van der Waals surface area contributed by atoms with Crippen LogP contribution in [0, 0.1) is 6.92 Å². The summed E-state index contributed by atoms with van der Waals surface area (Å²) in [7, 11) is 0. The Labute approximate surface area is 170 Å². The van der Waals surface area contributed by atoms with Crippen LogP contribution >= 0.6 is 11.6 Å². The number of nitrogens with zero attached hydrogens (tertiary/aromatic N) is 3. The van der Waals surface area contributed by atoms with Gasteiger partial charge < -0.3 is 15.0 Å². The monoisotopic (exact) mass is 400 g/mol. The smallest absolute Gasteiger partial charge is 0.251 e. The molecule has 1 aromatic heterocycles. The van der Waals surface area contributed by atoms with Gasteiger partial charge in [0.1, 0.15) is 0 Å². The van der Waals surface area contributed by atoms with Crippen LogP contribution in [0.2, 0.25) is 5.02 Å². The number of amides is 1. The first-order valence-corrected chi connectivity index (χ1v) is 10.2. The lowest BCUT2D eigenvalue weighted by Gasteiger charge is -2.23. The topological polar surface area (TPSA) is 67.4 Å². The van der Waals surface area contributed by atoms with Crippen LogP contribution in [0.4, 0.5) is 5.95 Å². The molecule has 6 nitrogen and oxygen atoms in total. The van der Waals surface area contributed by atoms with Crippen LogP contribution in [-0.2, 0) is 4.74 Å². The number of ether oxygens (including phenoxy) is 1. The third-order valence-corrected chi connectivity index (χ3v) is 5.95. The third kappa shape index (κ3) is 4.28. The van der Waals surface area contributed by atoms with Gasteiger partial charge in [0.25, 0.3) is 5.91 Å². The van der Waals surface area contributed by atoms with Crippen molar-refractivity contribution < 1.29 is 9.53 Å². The molecule has 0 saturated carbocycles. The van der Waals surface area contributed by atoms with E-state index in [0.717, 1.165) is 56.2 Å². The van der Waals surface area contributed by atoms with E-state index in [9.17, 15) is 4.79 Å². The van der Waals surface area contributed by atoms with E-state index >= 15 is 0 Å². The molecule has 3 heterocycles. The summed E-state index contributed by atoms with van der Waals surface area (Å²) in [6, 6.07) is 7.48. The lowest BCUT2D eigenvalue weighted by atomic mass is 9.96. The molecule has 2 aliphatic heterocycles. The minimum atomic E-state index is -0.0920. The fourth-order valence-corrected chi connectivity index (χ4v) is 3.98. The fraction of sp³-hybridized carbons (Fsp3) is 0.476. The van der Waals surface area contributed by atoms with Crippen LogP contribution in [0.15, 0.2) is 30.5 Å². The number of hydrogen-bond acceptors (Lipinski definition) is 5. The first-order valence-electron chi connectivity index (χ1n) is 9.83. The molecule has 1 N–H and O–H groups in total. The van der Waals surface area contributed by atoms with E-state index in [-0.39, 0.29) is 11.9 Å². The zero-order chi connectivity index (χ0) is 19.5. The zero-order valence-corrected chi connectivity index (χ0v) is 16.8. The van der Waals surface area contributed by atoms with Crippen LogP contribution < -0.4 is 10.2 Å². The van der Waals surface area contributed by atoms with Gasteiger partial charge in [0.15, 0.2) is 0 Å². The lowest BCUT2D eigenvalue weighted by Crippen LogP contribution is -2.37. The molecular formula is C21H25ClN4O2. The number of hydrogen-bond donors (Lipinski definition) is 1. The third-order valence-electron chi connectivity index (χ3n) is 5.54. The molecule has 7 heteroatoms. The number of nitrogens with one attached hydrogen (secondary N) is 1. The van der Waals surface area contributed by atoms with Crippen LogP contribution in [0.5, 0.6) is 0 Å². The van der Waals surface area contributed by atoms with E-state index < -0.39 is 0 Å². The van der Waals surface area contributed by atoms with Gasteiger partial charge in [-0.1, -0.05) is 17.7 Å². The van der Waals surface area contributed by atoms with Crippen molar-refractivity contribution in [1.29, 1.82) is 0 Å². The van der Waals surface area contributed by atoms with Gasteiger partial charge in [-0.05, 0) is 49.9 Å². The van der Waals surface area contributed by atoms with E-state index in [2.05, 4.69) is 15.2 Å². The van der Waals surface area contributed by atoms with Crippen LogP contribution in [0.1, 0.15) is 46.8 Å². The SMILES string of the molecule is Cc1ccc(C(=O)NC2CCN(c3nccc(C4CCOCC4)n3)C2)cc1Cl. The number of benzene rings is 1. The van der Waals surface area contributed by atoms with Gasteiger partial charge in [0, 0.05) is 60.7 Å². The van der Waals surface area contributed by atoms with Crippen LogP contribution in [0.3, 0.4) is 0 Å². The van der Waals surface area contributed by atoms with Gasteiger partial charge >= 0.3 is 0 Å². The van der Waals surface area contributed by atoms with Gasteiger partial charge in [0.2, 0.25) is 5.95 Å². The Bertz CT molecular complexity index is 854. The highest BCUT2D eigenvalue weighted by Crippen LogP contribution is 2.27. The van der Waals surface area contributed by atoms with Crippen molar-refractivity contribution in [2.75, 3.05) is 31.2 Å². The number of rotatable bonds is 4. The summed E-state index contributed by atoms with van der Waals surface area (Å²) in [6.45, 7) is 5.06. The second-order valence-electron chi connectivity index (χ2n) is 7.54. The molecule has 4 rings (SSSR count). The minimum Gasteiger partial charge on any atom is -0.381 e. The minimum absolute atomic E-state index is 0.0721. The van der Waals surface area contributed by atoms with Crippen molar-refractivity contribution in [2.24, 2.45) is 0 Å². The van der Waals surface area contributed by atoms with Gasteiger partial charge in [0.05, 0.1) is 0 Å². The molecule has 1 unspecified atom stereocenters. The van der Waals surface area contributed by atoms with Crippen molar-refractivity contribution in [2.45, 2.75) is 38.1 Å². The molecule has 2 aromatic rings. The number of aromatic nitrogens is 2. The molecule has 148 valence electrons. The quantitative estimate of drug-likeness (QED) is 0.852. The van der Waals surface area contributed by atoms with E-state index in [4.69, 9.17) is 21.3 Å². The highest BCUT2D eigenvalue weighted by Gasteiger charge is 2.27. The van der Waals surface area contributed by atoms with Crippen LogP contribution in [-0.4, -0.2) is 48.2 Å². The number of carbonyl (C=O) groups excluding carboxylic acids is 1. The zero-order valence-electron chi connectivity index (χ0n) is 16.0. The summed E-state index contributed by atoms with van der Waals surface area (Å²) < 4.78 is 5.45. The Kier molecular flexibility index (Phi) is 5.78. The summed E-state index contributed by atoms with van der Waals surface area (Å²) in [5, 5.41) is 3.72. The highest BCUT2D eigenvalue weighted by molar-refractivity contribution is 6.31. The molecule has 2 saturated heterocycles. The summed E-state index contributed by atoms with van der Waals surface area (Å²) >= 11 is 6.14. The Hall–Kier alpha value is -2.18. The molecule has 0 aliphatic carbocycles. The maximum atomic E-state index is 12.5. The number of aryl methyl sites for hydroxylation is 1. The molecule has 1 amide bonds. The van der Waals surface area contributed by atoms with E-state index in [1.54, 1.807) is 6.07 Å². The van der Waals surface area contributed by atoms with Gasteiger partial charge in [-0.15, -0.1) is 0 Å². The first-order chi connectivity index (χ1) is 13.6. The first kappa shape index (κ1) is 19.2. The summed E-state index contributed by atoms with van der Waals surface area (Å²) in [5.41, 5.74) is 2.65. The average Bonchev–Trinajstić information content (AvgIpc) is 3.19. The highest BCUT2D eigenvalue weighted by atomic mass is 35.5. The summed E-state index contributed by atoms with van der Waals surface area (Å²) in [4.78, 5) is 23.9. The maximum Gasteiger partial charge on any atom is 0.251 e. The number of halogens is 1. The van der Waals surface area contributed by atoms with Crippen molar-refractivity contribution in [3.05, 3.63) is 52.3 Å². The van der Waals surface area contributed by atoms with E-state index in [1.807, 2.05) is 31.3 Å². The summed E-state index contributed by atoms with van der Waals surface area (Å²) in [5.74, 6) is 1.10. The van der Waals surface area contributed by atoms with Crippen molar-refractivity contribution in [3.8, 4) is 0 Å². The largest absolute Gasteiger partial charge is 0.381 e. The van der Waals surface area contributed by atoms with Crippen molar-refractivity contribution >= 4 is 23.5 Å². The van der Waals surface area contributed by atoms with Crippen molar-refractivity contribution in [3.63, 3.8) is 0 Å². The van der Waals surface area contributed by atoms with E-state index in [1.165, 1.54) is 0 Å². The number of carbonyl (C=O) groups is 1. The Morgan fingerprint density at radius 3 is 2.86 bits per heavy atom. The molecule has 1 aromatic carbocycles. The second kappa shape index (κ2) is 8.45. The van der Waals surface area contributed by atoms with E-state index in [0.29, 0.717) is 23.0 Å². The molecule has 0 bridgehead atoms. The second-order valence-corrected chi connectivity index (χ2v) is 7.94. The summed E-state index contributed by atoms with van der Waals surface area (Å²) in [6.07, 6.45) is 4.73. The van der Waals surface area contributed by atoms with Crippen LogP contribution in [0.25, 0.3) is 0 Å². The van der Waals surface area contributed by atoms with Crippen molar-refractivity contribution in [1.82, 2.24) is 15.3 Å². The fourth-order valence-electron chi connectivity index (χ4n) is 3.80. The number of anilines is 1. The predicted molar refractivity (Wildman–Crippen MR) is 109 cm³/mol. The molecule has 2 fully saturated rings.